The molecule has 1 aromatic carbocycles. The van der Waals surface area contributed by atoms with Gasteiger partial charge in [0.05, 0.1) is 6.10 Å². The van der Waals surface area contributed by atoms with Crippen molar-refractivity contribution in [1.82, 2.24) is 0 Å². The van der Waals surface area contributed by atoms with Gasteiger partial charge < -0.3 is 5.11 Å². The van der Waals surface area contributed by atoms with Gasteiger partial charge in [0.1, 0.15) is 5.82 Å². The predicted octanol–water partition coefficient (Wildman–Crippen LogP) is 2.40. The minimum atomic E-state index is -0.384. The summed E-state index contributed by atoms with van der Waals surface area (Å²) < 4.78 is 12.9. The molecule has 14 heavy (non-hydrogen) atoms. The maximum Gasteiger partial charge on any atom is 0.123 e. The SMILES string of the molecule is CSCC(O)Cc1cc(F)ccc1C. The molecular formula is C11H15FOS. The second-order valence-corrected chi connectivity index (χ2v) is 4.29. The molecule has 1 atom stereocenters. The van der Waals surface area contributed by atoms with Crippen LogP contribution in [0.3, 0.4) is 0 Å². The number of benzene rings is 1. The number of halogens is 1. The lowest BCUT2D eigenvalue weighted by molar-refractivity contribution is 0.200. The van der Waals surface area contributed by atoms with E-state index in [0.29, 0.717) is 12.2 Å². The highest BCUT2D eigenvalue weighted by atomic mass is 32.2. The van der Waals surface area contributed by atoms with E-state index < -0.39 is 0 Å². The maximum atomic E-state index is 12.9. The Bertz CT molecular complexity index is 301. The van der Waals surface area contributed by atoms with Gasteiger partial charge in [-0.2, -0.15) is 11.8 Å². The molecule has 0 fully saturated rings. The van der Waals surface area contributed by atoms with Gasteiger partial charge >= 0.3 is 0 Å². The zero-order valence-electron chi connectivity index (χ0n) is 8.46. The average molecular weight is 214 g/mol. The molecule has 0 aliphatic rings. The van der Waals surface area contributed by atoms with Gasteiger partial charge in [-0.1, -0.05) is 6.07 Å². The molecule has 3 heteroatoms. The first-order valence-corrected chi connectivity index (χ1v) is 5.95. The minimum Gasteiger partial charge on any atom is -0.392 e. The number of aliphatic hydroxyl groups is 1. The molecule has 78 valence electrons. The molecule has 0 spiro atoms. The summed E-state index contributed by atoms with van der Waals surface area (Å²) in [4.78, 5) is 0. The fraction of sp³-hybridized carbons (Fsp3) is 0.455. The van der Waals surface area contributed by atoms with Crippen molar-refractivity contribution >= 4 is 11.8 Å². The first-order chi connectivity index (χ1) is 6.63. The van der Waals surface area contributed by atoms with E-state index in [4.69, 9.17) is 0 Å². The largest absolute Gasteiger partial charge is 0.392 e. The van der Waals surface area contributed by atoms with Gasteiger partial charge in [-0.3, -0.25) is 0 Å². The molecule has 0 bridgehead atoms. The molecular weight excluding hydrogens is 199 g/mol. The Kier molecular flexibility index (Phi) is 4.42. The Morgan fingerprint density at radius 1 is 1.50 bits per heavy atom. The van der Waals surface area contributed by atoms with Gasteiger partial charge in [0.25, 0.3) is 0 Å². The van der Waals surface area contributed by atoms with Crippen LogP contribution in [0.1, 0.15) is 11.1 Å². The van der Waals surface area contributed by atoms with Crippen molar-refractivity contribution in [3.63, 3.8) is 0 Å². The van der Waals surface area contributed by atoms with Crippen molar-refractivity contribution in [2.75, 3.05) is 12.0 Å². The summed E-state index contributed by atoms with van der Waals surface area (Å²) in [7, 11) is 0. The van der Waals surface area contributed by atoms with Crippen molar-refractivity contribution in [3.8, 4) is 0 Å². The monoisotopic (exact) mass is 214 g/mol. The van der Waals surface area contributed by atoms with Crippen LogP contribution >= 0.6 is 11.8 Å². The zero-order valence-corrected chi connectivity index (χ0v) is 9.27. The third-order valence-corrected chi connectivity index (χ3v) is 2.84. The van der Waals surface area contributed by atoms with Gasteiger partial charge in [0, 0.05) is 5.75 Å². The summed E-state index contributed by atoms with van der Waals surface area (Å²) in [5.41, 5.74) is 1.93. The smallest absolute Gasteiger partial charge is 0.123 e. The Morgan fingerprint density at radius 3 is 2.86 bits per heavy atom. The summed E-state index contributed by atoms with van der Waals surface area (Å²) in [5, 5.41) is 9.57. The van der Waals surface area contributed by atoms with Crippen LogP contribution in [-0.4, -0.2) is 23.2 Å². The lowest BCUT2D eigenvalue weighted by atomic mass is 10.0. The van der Waals surface area contributed by atoms with Crippen molar-refractivity contribution in [3.05, 3.63) is 35.1 Å². The fourth-order valence-corrected chi connectivity index (χ4v) is 1.87. The lowest BCUT2D eigenvalue weighted by Gasteiger charge is -2.11. The van der Waals surface area contributed by atoms with Crippen LogP contribution in [0.2, 0.25) is 0 Å². The molecule has 0 radical (unpaired) electrons. The van der Waals surface area contributed by atoms with Crippen LogP contribution < -0.4 is 0 Å². The normalized spacial score (nSPS) is 12.9. The quantitative estimate of drug-likeness (QED) is 0.830. The molecule has 0 aliphatic carbocycles. The molecule has 1 unspecified atom stereocenters. The van der Waals surface area contributed by atoms with Gasteiger partial charge in [0.15, 0.2) is 0 Å². The lowest BCUT2D eigenvalue weighted by Crippen LogP contribution is -2.14. The molecule has 0 amide bonds. The first kappa shape index (κ1) is 11.5. The fourth-order valence-electron chi connectivity index (χ4n) is 1.37. The van der Waals surface area contributed by atoms with E-state index >= 15 is 0 Å². The van der Waals surface area contributed by atoms with Crippen LogP contribution in [0.4, 0.5) is 4.39 Å². The Balaban J connectivity index is 2.70. The van der Waals surface area contributed by atoms with Crippen molar-refractivity contribution in [2.24, 2.45) is 0 Å². The zero-order chi connectivity index (χ0) is 10.6. The van der Waals surface area contributed by atoms with E-state index in [1.807, 2.05) is 13.2 Å². The first-order valence-electron chi connectivity index (χ1n) is 4.55. The standard InChI is InChI=1S/C11H15FOS/c1-8-3-4-10(12)5-9(8)6-11(13)7-14-2/h3-5,11,13H,6-7H2,1-2H3. The number of thioether (sulfide) groups is 1. The molecule has 0 heterocycles. The van der Waals surface area contributed by atoms with E-state index in [2.05, 4.69) is 0 Å². The number of aliphatic hydroxyl groups excluding tert-OH is 1. The summed E-state index contributed by atoms with van der Waals surface area (Å²) in [6, 6.07) is 4.69. The molecule has 0 saturated heterocycles. The summed E-state index contributed by atoms with van der Waals surface area (Å²) in [6.45, 7) is 1.93. The van der Waals surface area contributed by atoms with Crippen LogP contribution in [-0.2, 0) is 6.42 Å². The van der Waals surface area contributed by atoms with Gasteiger partial charge in [-0.15, -0.1) is 0 Å². The van der Waals surface area contributed by atoms with Crippen molar-refractivity contribution in [1.29, 1.82) is 0 Å². The molecule has 0 aromatic heterocycles. The number of rotatable bonds is 4. The van der Waals surface area contributed by atoms with Crippen LogP contribution in [0.5, 0.6) is 0 Å². The number of hydrogen-bond donors (Lipinski definition) is 1. The Hall–Kier alpha value is -0.540. The van der Waals surface area contributed by atoms with Gasteiger partial charge in [-0.05, 0) is 42.9 Å². The Morgan fingerprint density at radius 2 is 2.21 bits per heavy atom. The van der Waals surface area contributed by atoms with Crippen LogP contribution in [0.25, 0.3) is 0 Å². The maximum absolute atomic E-state index is 12.9. The van der Waals surface area contributed by atoms with Crippen LogP contribution in [0, 0.1) is 12.7 Å². The highest BCUT2D eigenvalue weighted by molar-refractivity contribution is 7.98. The molecule has 0 aliphatic heterocycles. The van der Waals surface area contributed by atoms with Gasteiger partial charge in [-0.25, -0.2) is 4.39 Å². The highest BCUT2D eigenvalue weighted by Gasteiger charge is 2.07. The predicted molar refractivity (Wildman–Crippen MR) is 59.2 cm³/mol. The highest BCUT2D eigenvalue weighted by Crippen LogP contribution is 2.13. The Labute approximate surface area is 88.3 Å². The third-order valence-electron chi connectivity index (χ3n) is 2.13. The van der Waals surface area contributed by atoms with Crippen molar-refractivity contribution in [2.45, 2.75) is 19.4 Å². The topological polar surface area (TPSA) is 20.2 Å². The molecule has 0 saturated carbocycles. The van der Waals surface area contributed by atoms with E-state index in [-0.39, 0.29) is 11.9 Å². The third kappa shape index (κ3) is 3.31. The molecule has 1 nitrogen and oxygen atoms in total. The van der Waals surface area contributed by atoms with Crippen molar-refractivity contribution < 1.29 is 9.50 Å². The summed E-state index contributed by atoms with van der Waals surface area (Å²) in [5.74, 6) is 0.456. The van der Waals surface area contributed by atoms with Gasteiger partial charge in [0.2, 0.25) is 0 Å². The molecule has 1 aromatic rings. The van der Waals surface area contributed by atoms with E-state index in [1.54, 1.807) is 17.8 Å². The van der Waals surface area contributed by atoms with E-state index in [0.717, 1.165) is 11.1 Å². The molecule has 1 rings (SSSR count). The van der Waals surface area contributed by atoms with E-state index in [1.165, 1.54) is 12.1 Å². The number of aryl methyl sites for hydroxylation is 1. The minimum absolute atomic E-state index is 0.234. The number of hydrogen-bond acceptors (Lipinski definition) is 2. The molecule has 1 N–H and O–H groups in total. The van der Waals surface area contributed by atoms with Crippen LogP contribution in [0.15, 0.2) is 18.2 Å². The second-order valence-electron chi connectivity index (χ2n) is 3.38. The average Bonchev–Trinajstić information content (AvgIpc) is 2.12. The second kappa shape index (κ2) is 5.37. The summed E-state index contributed by atoms with van der Waals surface area (Å²) >= 11 is 1.60. The van der Waals surface area contributed by atoms with E-state index in [9.17, 15) is 9.50 Å². The summed E-state index contributed by atoms with van der Waals surface area (Å²) in [6.07, 6.45) is 2.09.